The number of ether oxygens (including phenoxy) is 4. The van der Waals surface area contributed by atoms with Crippen molar-refractivity contribution in [1.29, 1.82) is 0 Å². The first-order valence-electron chi connectivity index (χ1n) is 21.0. The van der Waals surface area contributed by atoms with Crippen LogP contribution in [0.25, 0.3) is 0 Å². The molecule has 0 radical (unpaired) electrons. The van der Waals surface area contributed by atoms with Crippen molar-refractivity contribution in [1.82, 2.24) is 0 Å². The number of hydrogen-bond donors (Lipinski definition) is 1. The molecule has 0 aromatic carbocycles. The van der Waals surface area contributed by atoms with Crippen LogP contribution in [0.4, 0.5) is 0 Å². The van der Waals surface area contributed by atoms with Crippen molar-refractivity contribution in [2.75, 3.05) is 26.4 Å². The molecule has 0 aliphatic carbocycles. The largest absolute Gasteiger partial charge is 0.472 e. The zero-order valence-corrected chi connectivity index (χ0v) is 33.8. The third-order valence-electron chi connectivity index (χ3n) is 9.40. The maximum Gasteiger partial charge on any atom is 0.472 e. The molecule has 1 heterocycles. The SMILES string of the molecule is CCCCCCCCCCCCCC(=O)OC[C@H](COP(=O)(O)OCC1COC(CCCCC)O1)OC(=O)CCCCCCCCCCCCC. The topological polar surface area (TPSA) is 127 Å². The van der Waals surface area contributed by atoms with Gasteiger partial charge in [-0.05, 0) is 25.7 Å². The number of hydrogen-bond acceptors (Lipinski definition) is 9. The average Bonchev–Trinajstić information content (AvgIpc) is 3.57. The summed E-state index contributed by atoms with van der Waals surface area (Å²) in [4.78, 5) is 35.5. The van der Waals surface area contributed by atoms with E-state index in [0.717, 1.165) is 64.2 Å². The molecule has 11 heteroatoms. The summed E-state index contributed by atoms with van der Waals surface area (Å²) in [5, 5.41) is 0. The van der Waals surface area contributed by atoms with Gasteiger partial charge in [0.25, 0.3) is 0 Å². The molecule has 1 saturated heterocycles. The van der Waals surface area contributed by atoms with Gasteiger partial charge in [-0.25, -0.2) is 4.57 Å². The molecule has 0 amide bonds. The van der Waals surface area contributed by atoms with Gasteiger partial charge in [-0.1, -0.05) is 162 Å². The minimum atomic E-state index is -4.49. The van der Waals surface area contributed by atoms with Crippen LogP contribution in [-0.2, 0) is 42.1 Å². The number of esters is 2. The second-order valence-corrected chi connectivity index (χ2v) is 15.9. The van der Waals surface area contributed by atoms with Crippen LogP contribution < -0.4 is 0 Å². The average molecular weight is 749 g/mol. The molecule has 4 atom stereocenters. The summed E-state index contributed by atoms with van der Waals surface area (Å²) < 4.78 is 45.4. The third kappa shape index (κ3) is 30.0. The molecule has 1 rings (SSSR count). The molecular weight excluding hydrogens is 671 g/mol. The lowest BCUT2D eigenvalue weighted by atomic mass is 10.1. The Bertz CT molecular complexity index is 872. The minimum Gasteiger partial charge on any atom is -0.462 e. The van der Waals surface area contributed by atoms with E-state index in [0.29, 0.717) is 6.42 Å². The Kier molecular flexibility index (Phi) is 31.6. The fourth-order valence-electron chi connectivity index (χ4n) is 6.19. The number of phosphoric acid groups is 1. The van der Waals surface area contributed by atoms with Gasteiger partial charge in [0.1, 0.15) is 12.7 Å². The molecule has 0 aromatic rings. The summed E-state index contributed by atoms with van der Waals surface area (Å²) in [7, 11) is -4.49. The summed E-state index contributed by atoms with van der Waals surface area (Å²) in [6.07, 6.45) is 28.6. The van der Waals surface area contributed by atoms with Gasteiger partial charge in [0, 0.05) is 12.8 Å². The monoisotopic (exact) mass is 749 g/mol. The number of carbonyl (C=O) groups excluding carboxylic acids is 2. The van der Waals surface area contributed by atoms with Gasteiger partial charge >= 0.3 is 19.8 Å². The van der Waals surface area contributed by atoms with Crippen LogP contribution in [0.2, 0.25) is 0 Å². The van der Waals surface area contributed by atoms with E-state index in [1.165, 1.54) is 96.3 Å². The second-order valence-electron chi connectivity index (χ2n) is 14.4. The number of carbonyl (C=O) groups is 2. The van der Waals surface area contributed by atoms with Gasteiger partial charge < -0.3 is 23.8 Å². The van der Waals surface area contributed by atoms with E-state index in [1.54, 1.807) is 0 Å². The van der Waals surface area contributed by atoms with Crippen LogP contribution in [0, 0.1) is 0 Å². The number of phosphoric ester groups is 1. The van der Waals surface area contributed by atoms with E-state index in [2.05, 4.69) is 20.8 Å². The van der Waals surface area contributed by atoms with Gasteiger partial charge in [-0.15, -0.1) is 0 Å². The quantitative estimate of drug-likeness (QED) is 0.0372. The summed E-state index contributed by atoms with van der Waals surface area (Å²) in [5.74, 6) is -0.826. The van der Waals surface area contributed by atoms with E-state index >= 15 is 0 Å². The summed E-state index contributed by atoms with van der Waals surface area (Å²) in [5.41, 5.74) is 0. The fraction of sp³-hybridized carbons (Fsp3) is 0.950. The summed E-state index contributed by atoms with van der Waals surface area (Å²) in [6.45, 7) is 6.00. The van der Waals surface area contributed by atoms with Crippen molar-refractivity contribution in [3.8, 4) is 0 Å². The molecular formula is C40H77O10P. The van der Waals surface area contributed by atoms with E-state index in [-0.39, 0.29) is 44.9 Å². The smallest absolute Gasteiger partial charge is 0.462 e. The maximum absolute atomic E-state index is 12.7. The molecule has 0 spiro atoms. The zero-order valence-electron chi connectivity index (χ0n) is 32.9. The summed E-state index contributed by atoms with van der Waals surface area (Å²) in [6, 6.07) is 0. The highest BCUT2D eigenvalue weighted by atomic mass is 31.2. The Hall–Kier alpha value is -1.03. The molecule has 1 aliphatic heterocycles. The molecule has 0 bridgehead atoms. The van der Waals surface area contributed by atoms with Crippen molar-refractivity contribution < 1.29 is 47.0 Å². The highest BCUT2D eigenvalue weighted by molar-refractivity contribution is 7.47. The molecule has 302 valence electrons. The first-order chi connectivity index (χ1) is 24.8. The number of rotatable bonds is 37. The van der Waals surface area contributed by atoms with Crippen molar-refractivity contribution >= 4 is 19.8 Å². The van der Waals surface area contributed by atoms with Gasteiger partial charge in [-0.3, -0.25) is 18.6 Å². The van der Waals surface area contributed by atoms with E-state index in [4.69, 9.17) is 28.0 Å². The van der Waals surface area contributed by atoms with Crippen LogP contribution >= 0.6 is 7.82 Å². The number of unbranched alkanes of at least 4 members (excludes halogenated alkanes) is 22. The molecule has 1 N–H and O–H groups in total. The van der Waals surface area contributed by atoms with Gasteiger partial charge in [0.2, 0.25) is 0 Å². The van der Waals surface area contributed by atoms with Gasteiger partial charge in [0.05, 0.1) is 19.8 Å². The van der Waals surface area contributed by atoms with Crippen molar-refractivity contribution in [2.24, 2.45) is 0 Å². The second kappa shape index (κ2) is 33.5. The standard InChI is InChI=1S/C40H77O10P/c1-4-7-10-12-14-16-18-20-22-24-27-29-38(41)45-32-36(49-39(42)30-28-25-23-21-19-17-15-13-11-8-5-2)34-47-51(43,44)48-35-37-33-46-40(50-37)31-26-9-6-3/h36-37,40H,4-35H2,1-3H3,(H,43,44)/t36-,37?,40?/m1/s1. The van der Waals surface area contributed by atoms with Crippen molar-refractivity contribution in [3.63, 3.8) is 0 Å². The van der Waals surface area contributed by atoms with Crippen LogP contribution in [-0.4, -0.2) is 61.8 Å². The summed E-state index contributed by atoms with van der Waals surface area (Å²) >= 11 is 0. The molecule has 0 saturated carbocycles. The zero-order chi connectivity index (χ0) is 37.3. The Morgan fingerprint density at radius 3 is 1.59 bits per heavy atom. The van der Waals surface area contributed by atoms with Crippen LogP contribution in [0.3, 0.4) is 0 Å². The van der Waals surface area contributed by atoms with Crippen LogP contribution in [0.5, 0.6) is 0 Å². The molecule has 0 aromatic heterocycles. The predicted octanol–water partition coefficient (Wildman–Crippen LogP) is 11.3. The van der Waals surface area contributed by atoms with Gasteiger partial charge in [0.15, 0.2) is 12.4 Å². The minimum absolute atomic E-state index is 0.171. The molecule has 10 nitrogen and oxygen atoms in total. The Morgan fingerprint density at radius 2 is 1.08 bits per heavy atom. The highest BCUT2D eigenvalue weighted by Crippen LogP contribution is 2.44. The van der Waals surface area contributed by atoms with Crippen molar-refractivity contribution in [3.05, 3.63) is 0 Å². The Balaban J connectivity index is 2.41. The third-order valence-corrected chi connectivity index (χ3v) is 10.4. The lowest BCUT2D eigenvalue weighted by Crippen LogP contribution is -2.29. The highest BCUT2D eigenvalue weighted by Gasteiger charge is 2.31. The first-order valence-corrected chi connectivity index (χ1v) is 22.5. The van der Waals surface area contributed by atoms with Crippen LogP contribution in [0.15, 0.2) is 0 Å². The maximum atomic E-state index is 12.7. The molecule has 1 fully saturated rings. The fourth-order valence-corrected chi connectivity index (χ4v) is 6.97. The van der Waals surface area contributed by atoms with E-state index in [1.807, 2.05) is 0 Å². The lowest BCUT2D eigenvalue weighted by Gasteiger charge is -2.20. The Labute approximate surface area is 311 Å². The molecule has 51 heavy (non-hydrogen) atoms. The molecule has 3 unspecified atom stereocenters. The van der Waals surface area contributed by atoms with Crippen LogP contribution in [0.1, 0.15) is 201 Å². The normalized spacial score (nSPS) is 17.7. The van der Waals surface area contributed by atoms with E-state index < -0.39 is 32.6 Å². The first kappa shape index (κ1) is 48.0. The van der Waals surface area contributed by atoms with Crippen molar-refractivity contribution in [2.45, 2.75) is 219 Å². The molecule has 1 aliphatic rings. The van der Waals surface area contributed by atoms with Gasteiger partial charge in [-0.2, -0.15) is 0 Å². The van der Waals surface area contributed by atoms with E-state index in [9.17, 15) is 19.0 Å². The lowest BCUT2D eigenvalue weighted by molar-refractivity contribution is -0.161. The predicted molar refractivity (Wildman–Crippen MR) is 203 cm³/mol. The Morgan fingerprint density at radius 1 is 0.627 bits per heavy atom.